The van der Waals surface area contributed by atoms with Gasteiger partial charge in [-0.1, -0.05) is 6.92 Å². The molecule has 0 spiro atoms. The van der Waals surface area contributed by atoms with Crippen LogP contribution in [0.1, 0.15) is 52.6 Å². The second-order valence-electron chi connectivity index (χ2n) is 6.58. The molecule has 0 bridgehead atoms. The summed E-state index contributed by atoms with van der Waals surface area (Å²) in [6.07, 6.45) is 0.251. The van der Waals surface area contributed by atoms with Crippen molar-refractivity contribution in [2.75, 3.05) is 6.54 Å². The summed E-state index contributed by atoms with van der Waals surface area (Å²) in [6, 6.07) is 3.47. The number of halogens is 1. The molecule has 2 atom stereocenters. The van der Waals surface area contributed by atoms with E-state index in [2.05, 4.69) is 10.6 Å². The van der Waals surface area contributed by atoms with E-state index in [1.165, 1.54) is 18.2 Å². The number of phenolic OH excluding ortho intramolecular Hbond substituents is 1. The average Bonchev–Trinajstić information content (AvgIpc) is 2.43. The molecule has 1 aromatic rings. The first-order valence-electron chi connectivity index (χ1n) is 7.83. The van der Waals surface area contributed by atoms with Gasteiger partial charge in [-0.25, -0.2) is 9.18 Å². The van der Waals surface area contributed by atoms with Gasteiger partial charge in [0.2, 0.25) is 0 Å². The van der Waals surface area contributed by atoms with E-state index in [9.17, 15) is 14.3 Å². The zero-order valence-corrected chi connectivity index (χ0v) is 14.4. The van der Waals surface area contributed by atoms with Crippen molar-refractivity contribution in [2.24, 2.45) is 0 Å². The van der Waals surface area contributed by atoms with Gasteiger partial charge < -0.3 is 20.5 Å². The first-order chi connectivity index (χ1) is 10.6. The van der Waals surface area contributed by atoms with Gasteiger partial charge in [0.1, 0.15) is 17.2 Å². The minimum absolute atomic E-state index is 0.0412. The van der Waals surface area contributed by atoms with Crippen LogP contribution in [-0.4, -0.2) is 29.4 Å². The van der Waals surface area contributed by atoms with Crippen molar-refractivity contribution in [1.29, 1.82) is 0 Å². The summed E-state index contributed by atoms with van der Waals surface area (Å²) in [7, 11) is 0. The van der Waals surface area contributed by atoms with Crippen LogP contribution < -0.4 is 10.6 Å². The fourth-order valence-electron chi connectivity index (χ4n) is 2.07. The van der Waals surface area contributed by atoms with Crippen molar-refractivity contribution in [3.8, 4) is 5.75 Å². The summed E-state index contributed by atoms with van der Waals surface area (Å²) >= 11 is 0. The Balaban J connectivity index is 2.56. The van der Waals surface area contributed by atoms with Crippen molar-refractivity contribution in [3.63, 3.8) is 0 Å². The molecule has 1 amide bonds. The summed E-state index contributed by atoms with van der Waals surface area (Å²) in [4.78, 5) is 11.8. The molecule has 23 heavy (non-hydrogen) atoms. The number of nitrogens with one attached hydrogen (secondary N) is 2. The fraction of sp³-hybridized carbons (Fsp3) is 0.588. The Hall–Kier alpha value is -1.82. The lowest BCUT2D eigenvalue weighted by atomic mass is 10.1. The monoisotopic (exact) mass is 326 g/mol. The quantitative estimate of drug-likeness (QED) is 0.748. The Morgan fingerprint density at radius 1 is 1.39 bits per heavy atom. The Kier molecular flexibility index (Phi) is 6.81. The third kappa shape index (κ3) is 6.86. The smallest absolute Gasteiger partial charge is 0.407 e. The van der Waals surface area contributed by atoms with Crippen LogP contribution in [0.5, 0.6) is 5.75 Å². The molecule has 0 radical (unpaired) electrons. The molecule has 0 saturated heterocycles. The molecule has 1 rings (SSSR count). The molecule has 5 nitrogen and oxygen atoms in total. The van der Waals surface area contributed by atoms with Gasteiger partial charge in [0.15, 0.2) is 0 Å². The van der Waals surface area contributed by atoms with Crippen LogP contribution in [0.3, 0.4) is 0 Å². The predicted octanol–water partition coefficient (Wildman–Crippen LogP) is 3.49. The van der Waals surface area contributed by atoms with Crippen molar-refractivity contribution in [3.05, 3.63) is 29.6 Å². The van der Waals surface area contributed by atoms with Crippen molar-refractivity contribution in [1.82, 2.24) is 10.6 Å². The number of benzene rings is 1. The summed E-state index contributed by atoms with van der Waals surface area (Å²) in [5.41, 5.74) is -0.0617. The summed E-state index contributed by atoms with van der Waals surface area (Å²) in [5, 5.41) is 15.8. The Morgan fingerprint density at radius 2 is 2.04 bits per heavy atom. The van der Waals surface area contributed by atoms with Crippen molar-refractivity contribution >= 4 is 6.09 Å². The lowest BCUT2D eigenvalue weighted by Gasteiger charge is -2.24. The normalized spacial score (nSPS) is 14.2. The Bertz CT molecular complexity index is 529. The third-order valence-corrected chi connectivity index (χ3v) is 3.34. The van der Waals surface area contributed by atoms with E-state index in [0.29, 0.717) is 18.5 Å². The SMILES string of the molecule is CCC(CNC(C)c1cc(F)ccc1O)NC(=O)OC(C)(C)C. The maximum Gasteiger partial charge on any atom is 0.407 e. The predicted molar refractivity (Wildman–Crippen MR) is 87.9 cm³/mol. The number of ether oxygens (including phenoxy) is 1. The molecule has 0 saturated carbocycles. The van der Waals surface area contributed by atoms with Crippen molar-refractivity contribution in [2.45, 2.75) is 58.7 Å². The van der Waals surface area contributed by atoms with Gasteiger partial charge in [0, 0.05) is 24.2 Å². The van der Waals surface area contributed by atoms with E-state index >= 15 is 0 Å². The number of alkyl carbamates (subject to hydrolysis) is 1. The molecular weight excluding hydrogens is 299 g/mol. The van der Waals surface area contributed by atoms with Gasteiger partial charge in [-0.05, 0) is 52.3 Å². The Labute approximate surface area is 137 Å². The van der Waals surface area contributed by atoms with E-state index in [4.69, 9.17) is 4.74 Å². The molecular formula is C17H27FN2O3. The van der Waals surface area contributed by atoms with Crippen LogP contribution in [0.15, 0.2) is 18.2 Å². The number of aromatic hydroxyl groups is 1. The molecule has 6 heteroatoms. The number of rotatable bonds is 6. The lowest BCUT2D eigenvalue weighted by Crippen LogP contribution is -2.44. The van der Waals surface area contributed by atoms with E-state index < -0.39 is 17.5 Å². The molecule has 0 aromatic heterocycles. The van der Waals surface area contributed by atoms with Gasteiger partial charge in [0.05, 0.1) is 0 Å². The number of hydrogen-bond acceptors (Lipinski definition) is 4. The zero-order valence-electron chi connectivity index (χ0n) is 14.4. The second kappa shape index (κ2) is 8.15. The highest BCUT2D eigenvalue weighted by Gasteiger charge is 2.19. The van der Waals surface area contributed by atoms with Crippen LogP contribution in [0.4, 0.5) is 9.18 Å². The maximum atomic E-state index is 13.3. The number of hydrogen-bond donors (Lipinski definition) is 3. The van der Waals surface area contributed by atoms with Gasteiger partial charge in [-0.2, -0.15) is 0 Å². The lowest BCUT2D eigenvalue weighted by molar-refractivity contribution is 0.0502. The molecule has 0 aliphatic carbocycles. The summed E-state index contributed by atoms with van der Waals surface area (Å²) in [5.74, 6) is -0.357. The molecule has 0 aliphatic heterocycles. The summed E-state index contributed by atoms with van der Waals surface area (Å²) in [6.45, 7) is 9.68. The Morgan fingerprint density at radius 3 is 2.61 bits per heavy atom. The second-order valence-corrected chi connectivity index (χ2v) is 6.58. The molecule has 130 valence electrons. The van der Waals surface area contributed by atoms with Gasteiger partial charge in [-0.3, -0.25) is 0 Å². The largest absolute Gasteiger partial charge is 0.508 e. The van der Waals surface area contributed by atoms with E-state index in [1.54, 1.807) is 20.8 Å². The maximum absolute atomic E-state index is 13.3. The minimum Gasteiger partial charge on any atom is -0.508 e. The highest BCUT2D eigenvalue weighted by Crippen LogP contribution is 2.24. The van der Waals surface area contributed by atoms with Crippen LogP contribution in [0, 0.1) is 5.82 Å². The highest BCUT2D eigenvalue weighted by molar-refractivity contribution is 5.68. The van der Waals surface area contributed by atoms with Gasteiger partial charge in [0.25, 0.3) is 0 Å². The molecule has 0 aliphatic rings. The first kappa shape index (κ1) is 19.2. The van der Waals surface area contributed by atoms with Crippen LogP contribution in [-0.2, 0) is 4.74 Å². The molecule has 0 fully saturated rings. The number of amides is 1. The minimum atomic E-state index is -0.545. The summed E-state index contributed by atoms with van der Waals surface area (Å²) < 4.78 is 18.5. The van der Waals surface area contributed by atoms with Crippen LogP contribution in [0.2, 0.25) is 0 Å². The number of phenols is 1. The fourth-order valence-corrected chi connectivity index (χ4v) is 2.07. The molecule has 0 heterocycles. The zero-order chi connectivity index (χ0) is 17.6. The first-order valence-corrected chi connectivity index (χ1v) is 7.83. The molecule has 3 N–H and O–H groups in total. The van der Waals surface area contributed by atoms with Gasteiger partial charge in [-0.15, -0.1) is 0 Å². The molecule has 1 aromatic carbocycles. The van der Waals surface area contributed by atoms with Gasteiger partial charge >= 0.3 is 6.09 Å². The van der Waals surface area contributed by atoms with Crippen molar-refractivity contribution < 1.29 is 19.0 Å². The van der Waals surface area contributed by atoms with E-state index in [0.717, 1.165) is 0 Å². The standard InChI is InChI=1S/C17H27FN2O3/c1-6-13(20-16(22)23-17(3,4)5)10-19-11(2)14-9-12(18)7-8-15(14)21/h7-9,11,13,19,21H,6,10H2,1-5H3,(H,20,22). The third-order valence-electron chi connectivity index (χ3n) is 3.34. The topological polar surface area (TPSA) is 70.6 Å². The number of carbonyl (C=O) groups is 1. The number of carbonyl (C=O) groups excluding carboxylic acids is 1. The van der Waals surface area contributed by atoms with E-state index in [1.807, 2.05) is 13.8 Å². The average molecular weight is 326 g/mol. The van der Waals surface area contributed by atoms with Crippen LogP contribution in [0.25, 0.3) is 0 Å². The van der Waals surface area contributed by atoms with E-state index in [-0.39, 0.29) is 17.8 Å². The molecule has 2 unspecified atom stereocenters. The van der Waals surface area contributed by atoms with Crippen LogP contribution >= 0.6 is 0 Å². The highest BCUT2D eigenvalue weighted by atomic mass is 19.1.